The molecule has 0 bridgehead atoms. The summed E-state index contributed by atoms with van der Waals surface area (Å²) in [6.07, 6.45) is 1.87. The molecule has 2 aromatic rings. The molecule has 1 aromatic heterocycles. The van der Waals surface area contributed by atoms with Gasteiger partial charge in [0.05, 0.1) is 7.11 Å². The van der Waals surface area contributed by atoms with Crippen LogP contribution in [0.15, 0.2) is 22.7 Å². The summed E-state index contributed by atoms with van der Waals surface area (Å²) in [4.78, 5) is 14.9. The van der Waals surface area contributed by atoms with Crippen molar-refractivity contribution in [3.05, 3.63) is 29.6 Å². The third-order valence-corrected chi connectivity index (χ3v) is 5.28. The van der Waals surface area contributed by atoms with E-state index < -0.39 is 5.82 Å². The zero-order valence-corrected chi connectivity index (χ0v) is 16.6. The average molecular weight is 375 g/mol. The number of benzene rings is 1. The molecule has 27 heavy (non-hydrogen) atoms. The van der Waals surface area contributed by atoms with Gasteiger partial charge in [-0.05, 0) is 36.5 Å². The number of hydrogen-bond donors (Lipinski definition) is 1. The lowest BCUT2D eigenvalue weighted by Crippen LogP contribution is -2.46. The zero-order valence-electron chi connectivity index (χ0n) is 16.6. The molecule has 0 aliphatic heterocycles. The second kappa shape index (κ2) is 6.55. The van der Waals surface area contributed by atoms with Crippen LogP contribution in [0.2, 0.25) is 0 Å². The molecule has 0 unspecified atom stereocenters. The number of halogens is 1. The Morgan fingerprint density at radius 2 is 2.00 bits per heavy atom. The van der Waals surface area contributed by atoms with E-state index in [1.54, 1.807) is 25.1 Å². The van der Waals surface area contributed by atoms with Crippen LogP contribution in [-0.4, -0.2) is 37.8 Å². The van der Waals surface area contributed by atoms with Crippen molar-refractivity contribution in [2.24, 2.45) is 5.41 Å². The molecule has 1 saturated carbocycles. The van der Waals surface area contributed by atoms with Gasteiger partial charge in [-0.25, -0.2) is 4.39 Å². The van der Waals surface area contributed by atoms with Gasteiger partial charge in [0, 0.05) is 25.2 Å². The number of rotatable bonds is 5. The van der Waals surface area contributed by atoms with Crippen LogP contribution in [0.5, 0.6) is 5.75 Å². The summed E-state index contributed by atoms with van der Waals surface area (Å²) in [5.74, 6) is 0.0691. The Labute approximate surface area is 158 Å². The summed E-state index contributed by atoms with van der Waals surface area (Å²) in [6.45, 7) is 6.35. The van der Waals surface area contributed by atoms with E-state index in [1.165, 1.54) is 19.2 Å². The van der Waals surface area contributed by atoms with E-state index in [1.807, 2.05) is 0 Å². The molecule has 1 aliphatic carbocycles. The zero-order chi connectivity index (χ0) is 20.0. The highest BCUT2D eigenvalue weighted by Gasteiger charge is 2.53. The summed E-state index contributed by atoms with van der Waals surface area (Å²) in [6, 6.07) is 4.33. The van der Waals surface area contributed by atoms with E-state index in [4.69, 9.17) is 9.26 Å². The summed E-state index contributed by atoms with van der Waals surface area (Å²) < 4.78 is 24.3. The quantitative estimate of drug-likeness (QED) is 0.859. The Morgan fingerprint density at radius 1 is 1.33 bits per heavy atom. The molecule has 146 valence electrons. The van der Waals surface area contributed by atoms with E-state index >= 15 is 0 Å². The topological polar surface area (TPSA) is 67.6 Å². The molecule has 0 saturated heterocycles. The van der Waals surface area contributed by atoms with Gasteiger partial charge >= 0.3 is 0 Å². The first kappa shape index (κ1) is 19.2. The van der Waals surface area contributed by atoms with Gasteiger partial charge in [0.25, 0.3) is 5.91 Å². The molecule has 1 aromatic carbocycles. The number of carbonyl (C=O) groups is 1. The largest absolute Gasteiger partial charge is 0.494 e. The lowest BCUT2D eigenvalue weighted by atomic mass is 9.84. The van der Waals surface area contributed by atoms with E-state index in [0.29, 0.717) is 22.7 Å². The highest BCUT2D eigenvalue weighted by Crippen LogP contribution is 2.50. The third-order valence-electron chi connectivity index (χ3n) is 5.28. The molecular formula is C20H26FN3O3. The van der Waals surface area contributed by atoms with E-state index in [9.17, 15) is 9.18 Å². The van der Waals surface area contributed by atoms with Crippen LogP contribution in [0.4, 0.5) is 10.2 Å². The van der Waals surface area contributed by atoms with Gasteiger partial charge in [-0.15, -0.1) is 0 Å². The van der Waals surface area contributed by atoms with Crippen LogP contribution in [-0.2, 0) is 0 Å². The fraction of sp³-hybridized carbons (Fsp3) is 0.500. The number of amides is 1. The number of aromatic nitrogens is 1. The number of nitrogens with zero attached hydrogens (tertiary/aromatic N) is 2. The smallest absolute Gasteiger partial charge is 0.259 e. The van der Waals surface area contributed by atoms with Crippen molar-refractivity contribution in [1.29, 1.82) is 0 Å². The maximum Gasteiger partial charge on any atom is 0.259 e. The van der Waals surface area contributed by atoms with Crippen molar-refractivity contribution in [3.8, 4) is 17.1 Å². The minimum Gasteiger partial charge on any atom is -0.494 e. The Balaban J connectivity index is 2.04. The van der Waals surface area contributed by atoms with Gasteiger partial charge in [-0.2, -0.15) is 0 Å². The van der Waals surface area contributed by atoms with Crippen molar-refractivity contribution >= 4 is 11.7 Å². The van der Waals surface area contributed by atoms with Gasteiger partial charge in [0.1, 0.15) is 5.56 Å². The predicted octanol–water partition coefficient (Wildman–Crippen LogP) is 3.86. The molecule has 1 amide bonds. The van der Waals surface area contributed by atoms with Crippen LogP contribution in [0.1, 0.15) is 44.0 Å². The van der Waals surface area contributed by atoms with E-state index in [0.717, 1.165) is 12.8 Å². The summed E-state index contributed by atoms with van der Waals surface area (Å²) in [5.41, 5.74) is 0.573. The number of anilines is 1. The van der Waals surface area contributed by atoms with Crippen molar-refractivity contribution in [1.82, 2.24) is 10.5 Å². The van der Waals surface area contributed by atoms with E-state index in [2.05, 4.69) is 31.2 Å². The second-order valence-electron chi connectivity index (χ2n) is 8.24. The molecule has 7 heteroatoms. The number of methoxy groups -OCH3 is 1. The first-order valence-electron chi connectivity index (χ1n) is 8.93. The van der Waals surface area contributed by atoms with Crippen LogP contribution in [0.3, 0.4) is 0 Å². The second-order valence-corrected chi connectivity index (χ2v) is 8.24. The highest BCUT2D eigenvalue weighted by molar-refractivity contribution is 6.04. The molecule has 1 aliphatic rings. The molecular weight excluding hydrogens is 349 g/mol. The molecule has 1 fully saturated rings. The Kier molecular flexibility index (Phi) is 4.66. The maximum absolute atomic E-state index is 13.8. The van der Waals surface area contributed by atoms with Crippen LogP contribution in [0, 0.1) is 11.2 Å². The molecule has 6 nitrogen and oxygen atoms in total. The monoisotopic (exact) mass is 375 g/mol. The summed E-state index contributed by atoms with van der Waals surface area (Å²) in [5, 5.41) is 7.24. The third kappa shape index (κ3) is 3.38. The Morgan fingerprint density at radius 3 is 2.52 bits per heavy atom. The molecule has 1 N–H and O–H groups in total. The Bertz CT molecular complexity index is 864. The highest BCUT2D eigenvalue weighted by atomic mass is 19.1. The maximum atomic E-state index is 13.8. The lowest BCUT2D eigenvalue weighted by Gasteiger charge is -2.32. The van der Waals surface area contributed by atoms with Crippen molar-refractivity contribution in [2.45, 2.75) is 39.2 Å². The van der Waals surface area contributed by atoms with Crippen molar-refractivity contribution in [3.63, 3.8) is 0 Å². The van der Waals surface area contributed by atoms with Crippen LogP contribution in [0.25, 0.3) is 11.3 Å². The van der Waals surface area contributed by atoms with Gasteiger partial charge < -0.3 is 19.5 Å². The van der Waals surface area contributed by atoms with Gasteiger partial charge in [-0.1, -0.05) is 25.9 Å². The average Bonchev–Trinajstić information content (AvgIpc) is 3.24. The van der Waals surface area contributed by atoms with Crippen LogP contribution < -0.4 is 15.0 Å². The molecule has 0 atom stereocenters. The van der Waals surface area contributed by atoms with Crippen molar-refractivity contribution in [2.75, 3.05) is 26.1 Å². The minimum atomic E-state index is -0.482. The van der Waals surface area contributed by atoms with Gasteiger partial charge in [-0.3, -0.25) is 4.79 Å². The van der Waals surface area contributed by atoms with E-state index in [-0.39, 0.29) is 22.6 Å². The first-order chi connectivity index (χ1) is 12.6. The SMILES string of the molecule is COc1cc(-c2onc(N(C)C)c2C(=O)NC2(C(C)(C)C)CC2)ccc1F. The molecule has 3 rings (SSSR count). The van der Waals surface area contributed by atoms with Gasteiger partial charge in [0.2, 0.25) is 0 Å². The molecule has 0 spiro atoms. The summed E-state index contributed by atoms with van der Waals surface area (Å²) in [7, 11) is 4.97. The van der Waals surface area contributed by atoms with Gasteiger partial charge in [0.15, 0.2) is 23.1 Å². The van der Waals surface area contributed by atoms with Crippen LogP contribution >= 0.6 is 0 Å². The lowest BCUT2D eigenvalue weighted by molar-refractivity contribution is 0.0889. The fourth-order valence-electron chi connectivity index (χ4n) is 3.26. The van der Waals surface area contributed by atoms with Crippen molar-refractivity contribution < 1.29 is 18.4 Å². The predicted molar refractivity (Wildman–Crippen MR) is 102 cm³/mol. The number of hydrogen-bond acceptors (Lipinski definition) is 5. The normalized spacial score (nSPS) is 15.4. The number of carbonyl (C=O) groups excluding carboxylic acids is 1. The summed E-state index contributed by atoms with van der Waals surface area (Å²) >= 11 is 0. The number of ether oxygens (including phenoxy) is 1. The fourth-order valence-corrected chi connectivity index (χ4v) is 3.26. The Hall–Kier alpha value is -2.57. The first-order valence-corrected chi connectivity index (χ1v) is 8.93. The molecule has 0 radical (unpaired) electrons. The number of nitrogens with one attached hydrogen (secondary N) is 1. The standard InChI is InChI=1S/C20H26FN3O3/c1-19(2,3)20(9-10-20)22-18(25)15-16(27-23-17(15)24(4)5)12-7-8-13(21)14(11-12)26-6/h7-8,11H,9-10H2,1-6H3,(H,22,25). The molecule has 1 heterocycles. The minimum absolute atomic E-state index is 0.0582.